The van der Waals surface area contributed by atoms with E-state index in [9.17, 15) is 0 Å². The van der Waals surface area contributed by atoms with Gasteiger partial charge in [-0.2, -0.15) is 4.21 Å². The van der Waals surface area contributed by atoms with Gasteiger partial charge >= 0.3 is 0 Å². The maximum absolute atomic E-state index is 8.67. The first-order valence-electron chi connectivity index (χ1n) is 1.19. The van der Waals surface area contributed by atoms with Crippen molar-refractivity contribution >= 4 is 30.5 Å². The van der Waals surface area contributed by atoms with Gasteiger partial charge in [-0.1, -0.05) is 0 Å². The smallest absolute Gasteiger partial charge is 0.299 e. The molecule has 0 aromatic carbocycles. The van der Waals surface area contributed by atoms with Gasteiger partial charge in [-0.25, -0.2) is 0 Å². The van der Waals surface area contributed by atoms with E-state index in [0.29, 0.717) is 0 Å². The molecule has 0 fully saturated rings. The van der Waals surface area contributed by atoms with E-state index < -0.39 is 11.4 Å². The van der Waals surface area contributed by atoms with Crippen LogP contribution in [0.1, 0.15) is 0 Å². The van der Waals surface area contributed by atoms with E-state index in [0.717, 1.165) is 0 Å². The Bertz CT molecular complexity index is 51.0. The lowest BCUT2D eigenvalue weighted by Gasteiger charge is -1.59. The Morgan fingerprint density at radius 2 is 1.22 bits per heavy atom. The zero-order chi connectivity index (χ0) is 8.28. The van der Waals surface area contributed by atoms with Crippen LogP contribution in [-0.4, -0.2) is 29.2 Å². The number of hydrogen-bond donors (Lipinski definition) is 4. The van der Waals surface area contributed by atoms with Gasteiger partial charge in [0.15, 0.2) is 12.3 Å². The second-order valence-electron chi connectivity index (χ2n) is 0.312. The van der Waals surface area contributed by atoms with Crippen molar-refractivity contribution < 1.29 is 27.2 Å². The molecule has 0 aromatic rings. The molecule has 58 valence electrons. The second-order valence-corrected chi connectivity index (χ2v) is 0.937. The van der Waals surface area contributed by atoms with E-state index in [1.807, 2.05) is 6.79 Å². The Kier molecular flexibility index (Phi) is 43.5. The molecule has 0 unspecified atom stereocenters. The summed E-state index contributed by atoms with van der Waals surface area (Å²) in [6, 6.07) is 0. The molecular formula is CH6O6S2. The second kappa shape index (κ2) is 24.5. The first-order valence-corrected chi connectivity index (χ1v) is 2.98. The third kappa shape index (κ3) is 2890000. The van der Waals surface area contributed by atoms with E-state index in [1.165, 1.54) is 0 Å². The molecule has 0 aliphatic heterocycles. The summed E-state index contributed by atoms with van der Waals surface area (Å²) in [4.78, 5) is 8.00. The van der Waals surface area contributed by atoms with Crippen LogP contribution in [0.4, 0.5) is 0 Å². The first-order chi connectivity index (χ1) is 4.15. The van der Waals surface area contributed by atoms with Gasteiger partial charge in [0, 0.05) is 0 Å². The van der Waals surface area contributed by atoms with Crippen LogP contribution < -0.4 is 0 Å². The highest BCUT2D eigenvalue weighted by atomic mass is 32.2. The normalized spacial score (nSPS) is 6.33. The molecule has 0 atom stereocenters. The number of hydrogen-bond acceptors (Lipinski definition) is 5. The predicted octanol–water partition coefficient (Wildman–Crippen LogP) is 0.162. The maximum Gasteiger partial charge on any atom is 0.299 e. The van der Waals surface area contributed by atoms with Gasteiger partial charge in [-0.05, 0) is 0 Å². The van der Waals surface area contributed by atoms with Gasteiger partial charge in [-0.3, -0.25) is 9.11 Å². The summed E-state index contributed by atoms with van der Waals surface area (Å²) < 4.78 is 36.9. The average molecular weight is 178 g/mol. The van der Waals surface area contributed by atoms with Crippen LogP contribution in [0.2, 0.25) is 0 Å². The van der Waals surface area contributed by atoms with Crippen molar-refractivity contribution in [2.75, 3.05) is 0 Å². The molecule has 8 heteroatoms. The monoisotopic (exact) mass is 178 g/mol. The Morgan fingerprint density at radius 1 is 1.22 bits per heavy atom. The average Bonchev–Trinajstić information content (AvgIpc) is 1.71. The Balaban J connectivity index is -0.0000000646. The maximum atomic E-state index is 8.67. The lowest BCUT2D eigenvalue weighted by molar-refractivity contribution is -0.0979. The summed E-state index contributed by atoms with van der Waals surface area (Å²) in [6.07, 6.45) is 0. The Hall–Kier alpha value is 0.01000. The van der Waals surface area contributed by atoms with Crippen LogP contribution in [0, 0.1) is 0 Å². The highest BCUT2D eigenvalue weighted by molar-refractivity contribution is 7.87. The molecule has 0 aliphatic rings. The highest BCUT2D eigenvalue weighted by Gasteiger charge is 1.62. The minimum atomic E-state index is -2.61. The van der Waals surface area contributed by atoms with E-state index in [1.54, 1.807) is 0 Å². The standard InChI is InChI=1S/CH2O.H2O3S.H2O2S/c1-2;1-4(2)3;1-3-2/h1H2;(H2,1,2,3);1-2H. The van der Waals surface area contributed by atoms with E-state index >= 15 is 0 Å². The van der Waals surface area contributed by atoms with Gasteiger partial charge in [0.1, 0.15) is 6.79 Å². The van der Waals surface area contributed by atoms with E-state index in [2.05, 4.69) is 0 Å². The highest BCUT2D eigenvalue weighted by Crippen LogP contribution is 1.67. The Morgan fingerprint density at radius 3 is 1.22 bits per heavy atom. The fourth-order valence-corrected chi connectivity index (χ4v) is 0. The van der Waals surface area contributed by atoms with Crippen molar-refractivity contribution in [2.45, 2.75) is 0 Å². The van der Waals surface area contributed by atoms with Crippen LogP contribution in [0.15, 0.2) is 0 Å². The van der Waals surface area contributed by atoms with Crippen molar-refractivity contribution in [2.24, 2.45) is 0 Å². The Labute approximate surface area is 58.4 Å². The van der Waals surface area contributed by atoms with Crippen molar-refractivity contribution in [3.05, 3.63) is 0 Å². The minimum absolute atomic E-state index is 0.250. The van der Waals surface area contributed by atoms with Gasteiger partial charge in [-0.15, -0.1) is 0 Å². The molecule has 0 heterocycles. The number of carbonyl (C=O) groups excluding carboxylic acids is 1. The summed E-state index contributed by atoms with van der Waals surface area (Å²) in [5, 5.41) is 0. The molecule has 0 rings (SSSR count). The molecule has 4 N–H and O–H groups in total. The summed E-state index contributed by atoms with van der Waals surface area (Å²) in [7, 11) is 0. The first kappa shape index (κ1) is 16.0. The van der Waals surface area contributed by atoms with Gasteiger partial charge in [0.2, 0.25) is 0 Å². The quantitative estimate of drug-likeness (QED) is 0.308. The fraction of sp³-hybridized carbons (Fsp3) is 0. The minimum Gasteiger partial charge on any atom is -0.307 e. The van der Waals surface area contributed by atoms with Crippen LogP contribution in [-0.2, 0) is 16.2 Å². The molecule has 0 radical (unpaired) electrons. The number of rotatable bonds is 0. The third-order valence-corrected chi connectivity index (χ3v) is 0. The molecule has 9 heavy (non-hydrogen) atoms. The fourth-order valence-electron chi connectivity index (χ4n) is 0. The summed E-state index contributed by atoms with van der Waals surface area (Å²) in [6.45, 7) is 2.00. The number of carbonyl (C=O) groups is 1. The molecule has 0 spiro atoms. The van der Waals surface area contributed by atoms with E-state index in [4.69, 9.17) is 27.2 Å². The molecule has 0 saturated heterocycles. The molecule has 0 saturated carbocycles. The summed E-state index contributed by atoms with van der Waals surface area (Å²) in [5.41, 5.74) is 0. The molecule has 0 aliphatic carbocycles. The molecule has 0 aromatic heterocycles. The molecular weight excluding hydrogens is 172 g/mol. The SMILES string of the molecule is C=O.O=S(O)O.OSO. The third-order valence-electron chi connectivity index (χ3n) is 0. The molecule has 0 amide bonds. The van der Waals surface area contributed by atoms with Crippen LogP contribution in [0.5, 0.6) is 0 Å². The van der Waals surface area contributed by atoms with Crippen LogP contribution in [0.3, 0.4) is 0 Å². The van der Waals surface area contributed by atoms with Crippen molar-refractivity contribution in [3.8, 4) is 0 Å². The molecule has 6 nitrogen and oxygen atoms in total. The van der Waals surface area contributed by atoms with Crippen LogP contribution in [0.25, 0.3) is 0 Å². The van der Waals surface area contributed by atoms with Crippen molar-refractivity contribution in [1.82, 2.24) is 0 Å². The molecule has 0 bridgehead atoms. The zero-order valence-corrected chi connectivity index (χ0v) is 5.76. The van der Waals surface area contributed by atoms with Crippen molar-refractivity contribution in [1.29, 1.82) is 0 Å². The van der Waals surface area contributed by atoms with Gasteiger partial charge in [0.05, 0.1) is 0 Å². The summed E-state index contributed by atoms with van der Waals surface area (Å²) >= 11 is -2.86. The topological polar surface area (TPSA) is 115 Å². The lowest BCUT2D eigenvalue weighted by atomic mass is 11.9. The summed E-state index contributed by atoms with van der Waals surface area (Å²) in [5.74, 6) is 0. The van der Waals surface area contributed by atoms with Gasteiger partial charge < -0.3 is 13.9 Å². The van der Waals surface area contributed by atoms with Gasteiger partial charge in [0.25, 0.3) is 11.4 Å². The van der Waals surface area contributed by atoms with Crippen LogP contribution >= 0.6 is 12.3 Å². The van der Waals surface area contributed by atoms with Crippen molar-refractivity contribution in [3.63, 3.8) is 0 Å². The largest absolute Gasteiger partial charge is 0.307 e. The predicted molar refractivity (Wildman–Crippen MR) is 33.4 cm³/mol. The van der Waals surface area contributed by atoms with E-state index in [-0.39, 0.29) is 12.3 Å². The zero-order valence-electron chi connectivity index (χ0n) is 4.13. The lowest BCUT2D eigenvalue weighted by Crippen LogP contribution is -1.74.